The van der Waals surface area contributed by atoms with Gasteiger partial charge < -0.3 is 10.0 Å². The Hall–Kier alpha value is -1.06. The van der Waals surface area contributed by atoms with Gasteiger partial charge in [-0.15, -0.1) is 0 Å². The second-order valence-electron chi connectivity index (χ2n) is 3.70. The van der Waals surface area contributed by atoms with Crippen molar-refractivity contribution in [2.45, 2.75) is 45.6 Å². The molecule has 0 spiro atoms. The number of aliphatic carboxylic acids is 1. The molecule has 0 atom stereocenters. The monoisotopic (exact) mass is 201 g/mol. The number of hydrogen-bond acceptors (Lipinski definition) is 2. The number of nitrogens with zero attached hydrogens (tertiary/aromatic N) is 1. The zero-order valence-electron chi connectivity index (χ0n) is 9.12. The molecule has 0 unspecified atom stereocenters. The Balaban J connectivity index is 3.59. The van der Waals surface area contributed by atoms with Crippen LogP contribution in [0.2, 0.25) is 0 Å². The molecule has 4 heteroatoms. The van der Waals surface area contributed by atoms with Gasteiger partial charge in [-0.05, 0) is 26.7 Å². The number of carbonyl (C=O) groups excluding carboxylic acids is 1. The first kappa shape index (κ1) is 12.9. The zero-order valence-corrected chi connectivity index (χ0v) is 9.12. The molecule has 4 nitrogen and oxygen atoms in total. The smallest absolute Gasteiger partial charge is 0.303 e. The molecule has 0 aliphatic heterocycles. The van der Waals surface area contributed by atoms with Crippen LogP contribution in [-0.2, 0) is 9.59 Å². The average Bonchev–Trinajstić information content (AvgIpc) is 2.10. The summed E-state index contributed by atoms with van der Waals surface area (Å²) in [6, 6.07) is 0.210. The highest BCUT2D eigenvalue weighted by Gasteiger charge is 2.11. The van der Waals surface area contributed by atoms with Crippen molar-refractivity contribution >= 4 is 11.9 Å². The Kier molecular flexibility index (Phi) is 5.92. The summed E-state index contributed by atoms with van der Waals surface area (Å²) in [5.41, 5.74) is 0. The van der Waals surface area contributed by atoms with Crippen molar-refractivity contribution < 1.29 is 14.7 Å². The zero-order chi connectivity index (χ0) is 11.1. The van der Waals surface area contributed by atoms with E-state index in [0.29, 0.717) is 19.3 Å². The summed E-state index contributed by atoms with van der Waals surface area (Å²) < 4.78 is 0. The van der Waals surface area contributed by atoms with Gasteiger partial charge in [0.05, 0.1) is 0 Å². The molecule has 0 aromatic rings. The van der Waals surface area contributed by atoms with E-state index >= 15 is 0 Å². The Labute approximate surface area is 84.9 Å². The lowest BCUT2D eigenvalue weighted by atomic mass is 10.1. The molecule has 0 radical (unpaired) electrons. The molecule has 0 rings (SSSR count). The van der Waals surface area contributed by atoms with Crippen LogP contribution in [0, 0.1) is 0 Å². The van der Waals surface area contributed by atoms with E-state index in [1.54, 1.807) is 11.9 Å². The molecule has 0 aromatic carbocycles. The molecule has 0 saturated heterocycles. The maximum Gasteiger partial charge on any atom is 0.303 e. The number of unbranched alkanes of at least 4 members (excludes halogenated alkanes) is 1. The van der Waals surface area contributed by atoms with Crippen LogP contribution >= 0.6 is 0 Å². The summed E-state index contributed by atoms with van der Waals surface area (Å²) in [5.74, 6) is -0.708. The lowest BCUT2D eigenvalue weighted by Crippen LogP contribution is -2.32. The van der Waals surface area contributed by atoms with Crippen LogP contribution in [0.1, 0.15) is 39.5 Å². The number of rotatable bonds is 6. The number of amides is 1. The third-order valence-electron chi connectivity index (χ3n) is 2.20. The van der Waals surface area contributed by atoms with E-state index in [2.05, 4.69) is 0 Å². The Morgan fingerprint density at radius 2 is 1.71 bits per heavy atom. The van der Waals surface area contributed by atoms with Gasteiger partial charge in [0.2, 0.25) is 5.91 Å². The largest absolute Gasteiger partial charge is 0.481 e. The molecule has 0 aromatic heterocycles. The third kappa shape index (κ3) is 5.56. The van der Waals surface area contributed by atoms with Crippen LogP contribution in [0.25, 0.3) is 0 Å². The molecule has 0 aliphatic rings. The first-order chi connectivity index (χ1) is 6.45. The van der Waals surface area contributed by atoms with Gasteiger partial charge in [0.15, 0.2) is 0 Å². The fourth-order valence-electron chi connectivity index (χ4n) is 1.02. The third-order valence-corrected chi connectivity index (χ3v) is 2.20. The molecule has 0 aliphatic carbocycles. The van der Waals surface area contributed by atoms with Crippen LogP contribution in [0.15, 0.2) is 0 Å². The highest BCUT2D eigenvalue weighted by molar-refractivity contribution is 5.76. The van der Waals surface area contributed by atoms with Crippen molar-refractivity contribution in [2.75, 3.05) is 7.05 Å². The molecular weight excluding hydrogens is 182 g/mol. The van der Waals surface area contributed by atoms with E-state index in [9.17, 15) is 9.59 Å². The SMILES string of the molecule is CC(C)N(C)C(=O)CCCCC(=O)O. The van der Waals surface area contributed by atoms with Gasteiger partial charge in [-0.25, -0.2) is 0 Å². The summed E-state index contributed by atoms with van der Waals surface area (Å²) in [6.07, 6.45) is 1.83. The van der Waals surface area contributed by atoms with E-state index in [4.69, 9.17) is 5.11 Å². The average molecular weight is 201 g/mol. The fraction of sp³-hybridized carbons (Fsp3) is 0.800. The summed E-state index contributed by atoms with van der Waals surface area (Å²) in [5, 5.41) is 8.38. The molecule has 0 fully saturated rings. The molecule has 1 amide bonds. The molecule has 14 heavy (non-hydrogen) atoms. The first-order valence-electron chi connectivity index (χ1n) is 4.92. The lowest BCUT2D eigenvalue weighted by molar-refractivity contribution is -0.137. The number of hydrogen-bond donors (Lipinski definition) is 1. The van der Waals surface area contributed by atoms with E-state index in [1.807, 2.05) is 13.8 Å². The fourth-order valence-corrected chi connectivity index (χ4v) is 1.02. The van der Waals surface area contributed by atoms with Gasteiger partial charge in [-0.1, -0.05) is 0 Å². The minimum atomic E-state index is -0.797. The van der Waals surface area contributed by atoms with Gasteiger partial charge in [0, 0.05) is 25.9 Å². The molecule has 82 valence electrons. The quantitative estimate of drug-likeness (QED) is 0.662. The lowest BCUT2D eigenvalue weighted by Gasteiger charge is -2.21. The molecule has 0 saturated carbocycles. The number of carboxylic acids is 1. The van der Waals surface area contributed by atoms with E-state index in [0.717, 1.165) is 0 Å². The van der Waals surface area contributed by atoms with Crippen molar-refractivity contribution in [3.05, 3.63) is 0 Å². The molecule has 1 N–H and O–H groups in total. The van der Waals surface area contributed by atoms with Gasteiger partial charge in [-0.3, -0.25) is 9.59 Å². The van der Waals surface area contributed by atoms with Gasteiger partial charge >= 0.3 is 5.97 Å². The van der Waals surface area contributed by atoms with Crippen LogP contribution in [-0.4, -0.2) is 35.0 Å². The maximum absolute atomic E-state index is 11.4. The predicted molar refractivity (Wildman–Crippen MR) is 54.0 cm³/mol. The number of carboxylic acid groups (broad SMARTS) is 1. The standard InChI is InChI=1S/C10H19NO3/c1-8(2)11(3)9(12)6-4-5-7-10(13)14/h8H,4-7H2,1-3H3,(H,13,14). The van der Waals surface area contributed by atoms with Crippen LogP contribution in [0.5, 0.6) is 0 Å². The van der Waals surface area contributed by atoms with E-state index in [-0.39, 0.29) is 18.4 Å². The molecule has 0 bridgehead atoms. The highest BCUT2D eigenvalue weighted by atomic mass is 16.4. The van der Waals surface area contributed by atoms with Gasteiger partial charge in [0.1, 0.15) is 0 Å². The molecular formula is C10H19NO3. The maximum atomic E-state index is 11.4. The van der Waals surface area contributed by atoms with E-state index in [1.165, 1.54) is 0 Å². The predicted octanol–water partition coefficient (Wildman–Crippen LogP) is 1.50. The Morgan fingerprint density at radius 1 is 1.21 bits per heavy atom. The van der Waals surface area contributed by atoms with Crippen molar-refractivity contribution in [1.82, 2.24) is 4.90 Å². The van der Waals surface area contributed by atoms with Crippen molar-refractivity contribution in [3.63, 3.8) is 0 Å². The minimum Gasteiger partial charge on any atom is -0.481 e. The summed E-state index contributed by atoms with van der Waals surface area (Å²) in [6.45, 7) is 3.91. The molecule has 0 heterocycles. The van der Waals surface area contributed by atoms with Crippen LogP contribution in [0.4, 0.5) is 0 Å². The van der Waals surface area contributed by atoms with Crippen LogP contribution in [0.3, 0.4) is 0 Å². The minimum absolute atomic E-state index is 0.0883. The number of carbonyl (C=O) groups is 2. The van der Waals surface area contributed by atoms with Crippen molar-refractivity contribution in [1.29, 1.82) is 0 Å². The van der Waals surface area contributed by atoms with Crippen LogP contribution < -0.4 is 0 Å². The normalized spacial score (nSPS) is 10.3. The summed E-state index contributed by atoms with van der Waals surface area (Å²) >= 11 is 0. The first-order valence-corrected chi connectivity index (χ1v) is 4.92. The van der Waals surface area contributed by atoms with Gasteiger partial charge in [-0.2, -0.15) is 0 Å². The topological polar surface area (TPSA) is 57.6 Å². The second kappa shape index (κ2) is 6.40. The Bertz CT molecular complexity index is 202. The highest BCUT2D eigenvalue weighted by Crippen LogP contribution is 2.04. The van der Waals surface area contributed by atoms with Crippen molar-refractivity contribution in [2.24, 2.45) is 0 Å². The van der Waals surface area contributed by atoms with E-state index < -0.39 is 5.97 Å². The second-order valence-corrected chi connectivity index (χ2v) is 3.70. The summed E-state index contributed by atoms with van der Waals surface area (Å²) in [4.78, 5) is 23.3. The van der Waals surface area contributed by atoms with Gasteiger partial charge in [0.25, 0.3) is 0 Å². The summed E-state index contributed by atoms with van der Waals surface area (Å²) in [7, 11) is 1.77. The van der Waals surface area contributed by atoms with Crippen molar-refractivity contribution in [3.8, 4) is 0 Å². The Morgan fingerprint density at radius 3 is 2.14 bits per heavy atom.